The summed E-state index contributed by atoms with van der Waals surface area (Å²) in [5.41, 5.74) is -3.96. The number of carbonyl (C=O) groups excluding carboxylic acids is 2. The molecule has 9 atom stereocenters. The van der Waals surface area contributed by atoms with Gasteiger partial charge < -0.3 is 29.9 Å². The van der Waals surface area contributed by atoms with E-state index in [9.17, 15) is 30.0 Å². The van der Waals surface area contributed by atoms with E-state index in [0.717, 1.165) is 19.3 Å². The molecule has 0 aromatic carbocycles. The first kappa shape index (κ1) is 33.9. The number of hydrogen-bond donors (Lipinski definition) is 4. The predicted molar refractivity (Wildman–Crippen MR) is 164 cm³/mol. The molecule has 0 radical (unpaired) electrons. The highest BCUT2D eigenvalue weighted by atomic mass is 16.6. The molecule has 0 heterocycles. The number of hydrogen-bond acceptors (Lipinski definition) is 8. The van der Waals surface area contributed by atoms with Gasteiger partial charge in [-0.3, -0.25) is 4.79 Å². The van der Waals surface area contributed by atoms with E-state index in [0.29, 0.717) is 24.0 Å². The fourth-order valence-electron chi connectivity index (χ4n) is 9.00. The highest BCUT2D eigenvalue weighted by Crippen LogP contribution is 2.76. The van der Waals surface area contributed by atoms with Gasteiger partial charge in [0.05, 0.1) is 18.1 Å². The van der Waals surface area contributed by atoms with E-state index >= 15 is 0 Å². The minimum atomic E-state index is -2.16. The van der Waals surface area contributed by atoms with Crippen LogP contribution >= 0.6 is 0 Å². The predicted octanol–water partition coefficient (Wildman–Crippen LogP) is 4.93. The van der Waals surface area contributed by atoms with Crippen LogP contribution in [0.5, 0.6) is 0 Å². The fourth-order valence-corrected chi connectivity index (χ4v) is 9.00. The van der Waals surface area contributed by atoms with Gasteiger partial charge in [0.2, 0.25) is 0 Å². The molecule has 0 saturated heterocycles. The van der Waals surface area contributed by atoms with E-state index in [2.05, 4.69) is 6.92 Å². The maximum Gasteiger partial charge on any atom is 0.334 e. The molecule has 2 fully saturated rings. The Morgan fingerprint density at radius 2 is 1.72 bits per heavy atom. The van der Waals surface area contributed by atoms with Crippen LogP contribution in [0.25, 0.3) is 0 Å². The van der Waals surface area contributed by atoms with Gasteiger partial charge in [0, 0.05) is 29.2 Å². The molecule has 8 heteroatoms. The average Bonchev–Trinajstić information content (AvgIpc) is 3.36. The lowest BCUT2D eigenvalue weighted by Gasteiger charge is -2.52. The molecular weight excluding hydrogens is 548 g/mol. The Bertz CT molecular complexity index is 1170. The second-order valence-electron chi connectivity index (χ2n) is 14.3. The first-order valence-corrected chi connectivity index (χ1v) is 16.4. The summed E-state index contributed by atoms with van der Waals surface area (Å²) in [6, 6.07) is 0. The number of esters is 2. The van der Waals surface area contributed by atoms with Gasteiger partial charge in [-0.2, -0.15) is 0 Å². The highest BCUT2D eigenvalue weighted by molar-refractivity contribution is 5.88. The normalized spacial score (nSPS) is 39.5. The summed E-state index contributed by atoms with van der Waals surface area (Å²) in [6.07, 6.45) is 9.32. The van der Waals surface area contributed by atoms with Gasteiger partial charge in [-0.1, -0.05) is 84.4 Å². The maximum absolute atomic E-state index is 13.3. The average molecular weight is 603 g/mol. The van der Waals surface area contributed by atoms with Crippen molar-refractivity contribution in [1.82, 2.24) is 0 Å². The molecule has 1 spiro atoms. The van der Waals surface area contributed by atoms with E-state index in [4.69, 9.17) is 9.47 Å². The number of fused-ring (bicyclic) bond motifs is 3. The van der Waals surface area contributed by atoms with Gasteiger partial charge in [0.15, 0.2) is 6.10 Å². The van der Waals surface area contributed by atoms with Gasteiger partial charge >= 0.3 is 11.9 Å². The smallest absolute Gasteiger partial charge is 0.334 e. The first-order valence-electron chi connectivity index (χ1n) is 16.4. The van der Waals surface area contributed by atoms with Gasteiger partial charge in [-0.25, -0.2) is 4.79 Å². The molecule has 8 nitrogen and oxygen atoms in total. The van der Waals surface area contributed by atoms with Gasteiger partial charge in [0.1, 0.15) is 17.3 Å². The Morgan fingerprint density at radius 3 is 2.33 bits per heavy atom. The van der Waals surface area contributed by atoms with Crippen LogP contribution < -0.4 is 0 Å². The van der Waals surface area contributed by atoms with Crippen LogP contribution in [0.4, 0.5) is 0 Å². The van der Waals surface area contributed by atoms with Gasteiger partial charge in [-0.05, 0) is 50.7 Å². The summed E-state index contributed by atoms with van der Waals surface area (Å²) in [5, 5.41) is 47.1. The summed E-state index contributed by atoms with van der Waals surface area (Å²) >= 11 is 0. The third kappa shape index (κ3) is 5.14. The van der Waals surface area contributed by atoms with Crippen LogP contribution in [0.2, 0.25) is 0 Å². The van der Waals surface area contributed by atoms with Gasteiger partial charge in [-0.15, -0.1) is 0 Å². The quantitative estimate of drug-likeness (QED) is 0.107. The highest BCUT2D eigenvalue weighted by Gasteiger charge is 2.83. The lowest BCUT2D eigenvalue weighted by atomic mass is 9.58. The molecule has 4 aliphatic carbocycles. The maximum atomic E-state index is 13.3. The number of rotatable bonds is 12. The number of ether oxygens (including phenoxy) is 2. The van der Waals surface area contributed by atoms with Gasteiger partial charge in [0.25, 0.3) is 0 Å². The minimum absolute atomic E-state index is 0.153. The van der Waals surface area contributed by atoms with Crippen LogP contribution in [0.3, 0.4) is 0 Å². The van der Waals surface area contributed by atoms with Crippen molar-refractivity contribution >= 4 is 11.9 Å². The van der Waals surface area contributed by atoms with Crippen LogP contribution in [-0.2, 0) is 19.1 Å². The van der Waals surface area contributed by atoms with Crippen molar-refractivity contribution in [2.24, 2.45) is 28.6 Å². The Kier molecular flexibility index (Phi) is 9.78. The molecule has 4 rings (SSSR count). The topological polar surface area (TPSA) is 134 Å². The number of carbonyl (C=O) groups is 2. The standard InChI is InChI=1S/C35H54O8/c1-8-10-11-12-13-14-15-16-26(37)43-34-19-23(5)33-18-22(4)30(42-31(40)21(3)9-2)35(33,41)28(38)24(20-36)17-25(29(33)39)27(34)32(34,6)7/h9,17-18,23,25,27-30,36,38-39,41H,8,10-16,19-20H2,1-7H3/b21-9+/t23-,25+,27+,28-,29?,30+,33+,34+,35+/m1/s1. The van der Waals surface area contributed by atoms with Crippen molar-refractivity contribution in [1.29, 1.82) is 0 Å². The Labute approximate surface area is 257 Å². The zero-order valence-corrected chi connectivity index (χ0v) is 27.2. The molecule has 0 aliphatic heterocycles. The number of aliphatic hydroxyl groups excluding tert-OH is 3. The van der Waals surface area contributed by atoms with Crippen molar-refractivity contribution in [3.8, 4) is 0 Å². The SMILES string of the molecule is C/C=C(\C)C(=O)O[C@H]1C(C)=C[C@]23C(O)[C@@H](C=C(CO)[C@@H](O)[C@]12O)[C@H]1C(C)(C)[C@]1(OC(=O)CCCCCCCCC)C[C@H]3C. The van der Waals surface area contributed by atoms with Crippen molar-refractivity contribution in [2.45, 2.75) is 136 Å². The van der Waals surface area contributed by atoms with E-state index in [1.807, 2.05) is 20.8 Å². The monoisotopic (exact) mass is 602 g/mol. The zero-order valence-electron chi connectivity index (χ0n) is 27.2. The molecule has 242 valence electrons. The number of unbranched alkanes of at least 4 members (excludes halogenated alkanes) is 6. The Balaban J connectivity index is 1.68. The Morgan fingerprint density at radius 1 is 1.09 bits per heavy atom. The summed E-state index contributed by atoms with van der Waals surface area (Å²) in [5.74, 6) is -2.31. The third-order valence-electron chi connectivity index (χ3n) is 11.5. The number of aliphatic hydroxyl groups is 4. The van der Waals surface area contributed by atoms with Crippen molar-refractivity contribution in [3.63, 3.8) is 0 Å². The third-order valence-corrected chi connectivity index (χ3v) is 11.5. The summed E-state index contributed by atoms with van der Waals surface area (Å²) in [4.78, 5) is 26.2. The lowest BCUT2D eigenvalue weighted by Crippen LogP contribution is -2.67. The van der Waals surface area contributed by atoms with E-state index in [1.165, 1.54) is 25.7 Å². The van der Waals surface area contributed by atoms with Crippen molar-refractivity contribution in [3.05, 3.63) is 34.9 Å². The first-order chi connectivity index (χ1) is 20.2. The largest absolute Gasteiger partial charge is 0.458 e. The van der Waals surface area contributed by atoms with Crippen LogP contribution in [0, 0.1) is 28.6 Å². The lowest BCUT2D eigenvalue weighted by molar-refractivity contribution is -0.224. The molecule has 2 bridgehead atoms. The second kappa shape index (κ2) is 12.4. The molecule has 4 aliphatic rings. The van der Waals surface area contributed by atoms with Crippen LogP contribution in [0.1, 0.15) is 106 Å². The van der Waals surface area contributed by atoms with Crippen molar-refractivity contribution in [2.75, 3.05) is 6.61 Å². The molecule has 43 heavy (non-hydrogen) atoms. The fraction of sp³-hybridized carbons (Fsp3) is 0.771. The van der Waals surface area contributed by atoms with E-state index in [-0.39, 0.29) is 17.5 Å². The summed E-state index contributed by atoms with van der Waals surface area (Å²) in [7, 11) is 0. The second-order valence-corrected chi connectivity index (χ2v) is 14.3. The van der Waals surface area contributed by atoms with E-state index < -0.39 is 64.8 Å². The van der Waals surface area contributed by atoms with Crippen LogP contribution in [-0.4, -0.2) is 68.5 Å². The number of allylic oxidation sites excluding steroid dienone is 1. The summed E-state index contributed by atoms with van der Waals surface area (Å²) < 4.78 is 12.3. The molecule has 0 aromatic heterocycles. The molecule has 1 unspecified atom stereocenters. The molecule has 4 N–H and O–H groups in total. The van der Waals surface area contributed by atoms with E-state index in [1.54, 1.807) is 39.0 Å². The molecular formula is C35H54O8. The van der Waals surface area contributed by atoms with Crippen LogP contribution in [0.15, 0.2) is 34.9 Å². The minimum Gasteiger partial charge on any atom is -0.458 e. The molecule has 0 amide bonds. The summed E-state index contributed by atoms with van der Waals surface area (Å²) in [6.45, 7) is 12.7. The zero-order chi connectivity index (χ0) is 32.0. The molecule has 2 saturated carbocycles. The Hall–Kier alpha value is -2.00. The molecule has 0 aromatic rings. The van der Waals surface area contributed by atoms with Crippen molar-refractivity contribution < 1.29 is 39.5 Å².